The van der Waals surface area contributed by atoms with E-state index in [1.165, 1.54) is 6.92 Å². The lowest BCUT2D eigenvalue weighted by Gasteiger charge is -2.30. The van der Waals surface area contributed by atoms with Crippen molar-refractivity contribution in [2.45, 2.75) is 97.5 Å². The van der Waals surface area contributed by atoms with E-state index in [1.54, 1.807) is 32.9 Å². The average molecular weight is 646 g/mol. The van der Waals surface area contributed by atoms with E-state index >= 15 is 0 Å². The molecular weight excluding hydrogens is 598 g/mol. The van der Waals surface area contributed by atoms with Crippen LogP contribution >= 0.6 is 0 Å². The third-order valence-corrected chi connectivity index (χ3v) is 6.91. The molecule has 3 amide bonds. The fourth-order valence-corrected chi connectivity index (χ4v) is 4.62. The van der Waals surface area contributed by atoms with Crippen LogP contribution in [0.4, 0.5) is 5.69 Å². The molecule has 47 heavy (non-hydrogen) atoms. The summed E-state index contributed by atoms with van der Waals surface area (Å²) in [6, 6.07) is 23.9. The highest BCUT2D eigenvalue weighted by molar-refractivity contribution is 6.40. The minimum atomic E-state index is -1.14. The smallest absolute Gasteiger partial charge is 0.313 e. The molecule has 252 valence electrons. The summed E-state index contributed by atoms with van der Waals surface area (Å²) < 4.78 is 17.9. The summed E-state index contributed by atoms with van der Waals surface area (Å²) in [4.78, 5) is 52.2. The number of amides is 3. The van der Waals surface area contributed by atoms with Crippen molar-refractivity contribution in [3.8, 4) is 0 Å². The van der Waals surface area contributed by atoms with Crippen molar-refractivity contribution in [3.05, 3.63) is 102 Å². The van der Waals surface area contributed by atoms with Crippen molar-refractivity contribution in [3.63, 3.8) is 0 Å². The van der Waals surface area contributed by atoms with Crippen molar-refractivity contribution in [1.29, 1.82) is 0 Å². The molecule has 2 atom stereocenters. The van der Waals surface area contributed by atoms with E-state index in [0.717, 1.165) is 16.7 Å². The predicted molar refractivity (Wildman–Crippen MR) is 180 cm³/mol. The molecule has 3 aromatic carbocycles. The monoisotopic (exact) mass is 645 g/mol. The van der Waals surface area contributed by atoms with Gasteiger partial charge in [-0.25, -0.2) is 0 Å². The number of esters is 1. The predicted octanol–water partition coefficient (Wildman–Crippen LogP) is 5.40. The van der Waals surface area contributed by atoms with E-state index in [2.05, 4.69) is 16.0 Å². The van der Waals surface area contributed by atoms with Crippen LogP contribution in [0.15, 0.2) is 84.9 Å². The number of carbonyl (C=O) groups is 4. The zero-order chi connectivity index (χ0) is 34.6. The van der Waals surface area contributed by atoms with E-state index in [0.29, 0.717) is 5.69 Å². The lowest BCUT2D eigenvalue weighted by atomic mass is 9.86. The van der Waals surface area contributed by atoms with Gasteiger partial charge in [0, 0.05) is 5.69 Å². The van der Waals surface area contributed by atoms with Gasteiger partial charge in [-0.3, -0.25) is 19.2 Å². The highest BCUT2D eigenvalue weighted by Gasteiger charge is 2.32. The van der Waals surface area contributed by atoms with Crippen molar-refractivity contribution < 1.29 is 33.4 Å². The van der Waals surface area contributed by atoms with E-state index < -0.39 is 47.7 Å². The highest BCUT2D eigenvalue weighted by atomic mass is 16.7. The Morgan fingerprint density at radius 3 is 1.70 bits per heavy atom. The van der Waals surface area contributed by atoms with Gasteiger partial charge in [0.25, 0.3) is 0 Å². The minimum absolute atomic E-state index is 0.142. The molecule has 10 nitrogen and oxygen atoms in total. The number of hydrogen-bond donors (Lipinski definition) is 3. The molecule has 3 aromatic rings. The number of carbonyl (C=O) groups excluding carboxylic acids is 4. The van der Waals surface area contributed by atoms with Crippen molar-refractivity contribution in [1.82, 2.24) is 10.6 Å². The Morgan fingerprint density at radius 2 is 1.19 bits per heavy atom. The topological polar surface area (TPSA) is 132 Å². The van der Waals surface area contributed by atoms with Crippen LogP contribution < -0.4 is 16.0 Å². The molecule has 3 N–H and O–H groups in total. The molecule has 0 saturated heterocycles. The van der Waals surface area contributed by atoms with Gasteiger partial charge in [0.05, 0.1) is 25.7 Å². The van der Waals surface area contributed by atoms with Gasteiger partial charge in [-0.2, -0.15) is 0 Å². The maximum atomic E-state index is 13.5. The molecule has 0 bridgehead atoms. The summed E-state index contributed by atoms with van der Waals surface area (Å²) in [6.45, 7) is 13.0. The molecule has 0 fully saturated rings. The first-order valence-corrected chi connectivity index (χ1v) is 15.7. The molecule has 3 rings (SSSR count). The van der Waals surface area contributed by atoms with Gasteiger partial charge >= 0.3 is 17.8 Å². The standard InChI is InChI=1S/C37H47N3O7/c1-25(38-33(43)34(44)39-29-21-15-14-20-28(29)36(2,3)4)32(42)40-30(22-31(41)47-37(5,6)7)35(45-23-26-16-10-8-11-17-26)46-24-27-18-12-9-13-19-27/h8-21,25,30,35H,22-24H2,1-7H3,(H,38,43)(H,39,44)(H,40,42)/t25-,30-/m0/s1. The molecule has 0 radical (unpaired) electrons. The quantitative estimate of drug-likeness (QED) is 0.129. The Labute approximate surface area is 277 Å². The van der Waals surface area contributed by atoms with E-state index in [1.807, 2.05) is 93.6 Å². The highest BCUT2D eigenvalue weighted by Crippen LogP contribution is 2.29. The molecule has 0 aromatic heterocycles. The van der Waals surface area contributed by atoms with Crippen LogP contribution in [-0.2, 0) is 52.0 Å². The van der Waals surface area contributed by atoms with Gasteiger partial charge in [-0.05, 0) is 55.9 Å². The second-order valence-corrected chi connectivity index (χ2v) is 13.3. The van der Waals surface area contributed by atoms with E-state index in [4.69, 9.17) is 14.2 Å². The van der Waals surface area contributed by atoms with Gasteiger partial charge in [-0.1, -0.05) is 99.6 Å². The normalized spacial score (nSPS) is 12.9. The lowest BCUT2D eigenvalue weighted by molar-refractivity contribution is -0.183. The van der Waals surface area contributed by atoms with Crippen LogP contribution in [0.5, 0.6) is 0 Å². The first kappa shape index (κ1) is 36.9. The van der Waals surface area contributed by atoms with E-state index in [9.17, 15) is 19.2 Å². The molecule has 0 unspecified atom stereocenters. The van der Waals surface area contributed by atoms with Gasteiger partial charge in [0.15, 0.2) is 6.29 Å². The first-order chi connectivity index (χ1) is 22.1. The Bertz CT molecular complexity index is 1440. The second-order valence-electron chi connectivity index (χ2n) is 13.3. The summed E-state index contributed by atoms with van der Waals surface area (Å²) >= 11 is 0. The summed E-state index contributed by atoms with van der Waals surface area (Å²) in [6.07, 6.45) is -1.35. The number of rotatable bonds is 13. The first-order valence-electron chi connectivity index (χ1n) is 15.7. The van der Waals surface area contributed by atoms with Crippen LogP contribution in [0.1, 0.15) is 71.6 Å². The molecule has 0 saturated carbocycles. The van der Waals surface area contributed by atoms with Gasteiger partial charge < -0.3 is 30.2 Å². The van der Waals surface area contributed by atoms with Crippen LogP contribution in [0.3, 0.4) is 0 Å². The number of anilines is 1. The third-order valence-electron chi connectivity index (χ3n) is 6.91. The number of para-hydroxylation sites is 1. The van der Waals surface area contributed by atoms with Crippen LogP contribution in [0.2, 0.25) is 0 Å². The number of nitrogens with one attached hydrogen (secondary N) is 3. The Hall–Kier alpha value is -4.54. The number of hydrogen-bond acceptors (Lipinski definition) is 7. The van der Waals surface area contributed by atoms with E-state index in [-0.39, 0.29) is 25.0 Å². The molecular formula is C37H47N3O7. The maximum absolute atomic E-state index is 13.5. The van der Waals surface area contributed by atoms with Crippen molar-refractivity contribution >= 4 is 29.4 Å². The van der Waals surface area contributed by atoms with Crippen LogP contribution in [-0.4, -0.2) is 47.7 Å². The second kappa shape index (κ2) is 16.9. The zero-order valence-corrected chi connectivity index (χ0v) is 28.3. The summed E-state index contributed by atoms with van der Waals surface area (Å²) in [5.41, 5.74) is 2.04. The average Bonchev–Trinajstić information content (AvgIpc) is 3.00. The molecule has 0 spiro atoms. The molecule has 0 aliphatic carbocycles. The third kappa shape index (κ3) is 12.6. The van der Waals surface area contributed by atoms with Gasteiger partial charge in [0.1, 0.15) is 11.6 Å². The Kier molecular flexibility index (Phi) is 13.2. The lowest BCUT2D eigenvalue weighted by Crippen LogP contribution is -2.54. The fraction of sp³-hybridized carbons (Fsp3) is 0.405. The zero-order valence-electron chi connectivity index (χ0n) is 28.3. The molecule has 0 aliphatic rings. The van der Waals surface area contributed by atoms with Crippen molar-refractivity contribution in [2.24, 2.45) is 0 Å². The summed E-state index contributed by atoms with van der Waals surface area (Å²) in [5.74, 6) is -3.13. The van der Waals surface area contributed by atoms with Gasteiger partial charge in [-0.15, -0.1) is 0 Å². The number of benzene rings is 3. The SMILES string of the molecule is C[C@H](NC(=O)C(=O)Nc1ccccc1C(C)(C)C)C(=O)N[C@@H](CC(=O)OC(C)(C)C)C(OCc1ccccc1)OCc1ccccc1. The Balaban J connectivity index is 1.77. The summed E-state index contributed by atoms with van der Waals surface area (Å²) in [7, 11) is 0. The largest absolute Gasteiger partial charge is 0.460 e. The fourth-order valence-electron chi connectivity index (χ4n) is 4.62. The van der Waals surface area contributed by atoms with Gasteiger partial charge in [0.2, 0.25) is 5.91 Å². The van der Waals surface area contributed by atoms with Crippen molar-refractivity contribution in [2.75, 3.05) is 5.32 Å². The molecule has 0 heterocycles. The number of ether oxygens (including phenoxy) is 3. The summed E-state index contributed by atoms with van der Waals surface area (Å²) in [5, 5.41) is 7.89. The molecule has 0 aliphatic heterocycles. The minimum Gasteiger partial charge on any atom is -0.460 e. The maximum Gasteiger partial charge on any atom is 0.313 e. The van der Waals surface area contributed by atoms with Crippen LogP contribution in [0.25, 0.3) is 0 Å². The van der Waals surface area contributed by atoms with Crippen LogP contribution in [0, 0.1) is 0 Å². The Morgan fingerprint density at radius 1 is 0.681 bits per heavy atom. The molecule has 10 heteroatoms.